The van der Waals surface area contributed by atoms with Gasteiger partial charge >= 0.3 is 11.9 Å². The van der Waals surface area contributed by atoms with Crippen LogP contribution in [0, 0.1) is 0 Å². The van der Waals surface area contributed by atoms with Gasteiger partial charge in [0.1, 0.15) is 0 Å². The number of para-hydroxylation sites is 1. The molecule has 7 N–H and O–H groups in total. The van der Waals surface area contributed by atoms with Crippen LogP contribution in [0.5, 0.6) is 0 Å². The SMILES string of the molecule is N/C1=C(\N(N)CCCCCC(=O)O)c2ccccc2CN(C(=O)CCNC(=O)CCCCC(=O)O)c2ccccc21. The number of hydrazine groups is 1. The number of rotatable bonds is 15. The first-order valence-corrected chi connectivity index (χ1v) is 13.9. The number of carboxylic acids is 2. The molecule has 2 aromatic rings. The molecule has 0 unspecified atom stereocenters. The summed E-state index contributed by atoms with van der Waals surface area (Å²) < 4.78 is 0. The van der Waals surface area contributed by atoms with E-state index in [2.05, 4.69) is 5.32 Å². The molecule has 0 radical (unpaired) electrons. The number of nitrogens with two attached hydrogens (primary N) is 2. The van der Waals surface area contributed by atoms with Gasteiger partial charge in [-0.05, 0) is 37.3 Å². The number of hydrogen-bond donors (Lipinski definition) is 5. The minimum absolute atomic E-state index is 0.0234. The highest BCUT2D eigenvalue weighted by molar-refractivity contribution is 6.01. The van der Waals surface area contributed by atoms with Crippen molar-refractivity contribution in [3.05, 3.63) is 65.2 Å². The van der Waals surface area contributed by atoms with Crippen molar-refractivity contribution in [3.8, 4) is 0 Å². The molecule has 3 rings (SSSR count). The zero-order valence-corrected chi connectivity index (χ0v) is 23.2. The van der Waals surface area contributed by atoms with E-state index in [4.69, 9.17) is 21.8 Å². The Kier molecular flexibility index (Phi) is 11.7. The molecule has 0 fully saturated rings. The molecule has 11 nitrogen and oxygen atoms in total. The van der Waals surface area contributed by atoms with Crippen LogP contribution in [0.3, 0.4) is 0 Å². The van der Waals surface area contributed by atoms with E-state index in [1.165, 1.54) is 0 Å². The van der Waals surface area contributed by atoms with Crippen molar-refractivity contribution in [1.29, 1.82) is 0 Å². The molecule has 1 heterocycles. The first-order chi connectivity index (χ1) is 19.7. The molecule has 0 aliphatic carbocycles. The molecular weight excluding hydrogens is 526 g/mol. The average molecular weight is 566 g/mol. The Balaban J connectivity index is 1.78. The fraction of sp³-hybridized carbons (Fsp3) is 0.400. The smallest absolute Gasteiger partial charge is 0.303 e. The van der Waals surface area contributed by atoms with E-state index in [-0.39, 0.29) is 50.6 Å². The van der Waals surface area contributed by atoms with Gasteiger partial charge in [-0.2, -0.15) is 0 Å². The largest absolute Gasteiger partial charge is 0.481 e. The monoisotopic (exact) mass is 565 g/mol. The third-order valence-corrected chi connectivity index (χ3v) is 6.92. The van der Waals surface area contributed by atoms with Gasteiger partial charge < -0.3 is 31.2 Å². The average Bonchev–Trinajstić information content (AvgIpc) is 2.93. The Bertz CT molecular complexity index is 1280. The maximum Gasteiger partial charge on any atom is 0.303 e. The number of anilines is 1. The third kappa shape index (κ3) is 9.07. The van der Waals surface area contributed by atoms with E-state index in [1.54, 1.807) is 9.91 Å². The first kappa shape index (κ1) is 31.2. The van der Waals surface area contributed by atoms with Crippen LogP contribution in [0.25, 0.3) is 11.4 Å². The Morgan fingerprint density at radius 2 is 1.41 bits per heavy atom. The summed E-state index contributed by atoms with van der Waals surface area (Å²) in [5, 5.41) is 22.0. The number of hydrogen-bond acceptors (Lipinski definition) is 7. The summed E-state index contributed by atoms with van der Waals surface area (Å²) in [5.74, 6) is 4.44. The van der Waals surface area contributed by atoms with Crippen molar-refractivity contribution in [3.63, 3.8) is 0 Å². The highest BCUT2D eigenvalue weighted by Crippen LogP contribution is 2.36. The summed E-state index contributed by atoms with van der Waals surface area (Å²) in [4.78, 5) is 48.8. The lowest BCUT2D eigenvalue weighted by molar-refractivity contribution is -0.138. The van der Waals surface area contributed by atoms with Gasteiger partial charge in [-0.25, -0.2) is 5.84 Å². The number of unbranched alkanes of at least 4 members (excludes halogenated alkanes) is 3. The minimum atomic E-state index is -0.888. The number of carboxylic acid groups (broad SMARTS) is 2. The number of aliphatic carboxylic acids is 2. The fourth-order valence-electron chi connectivity index (χ4n) is 4.83. The van der Waals surface area contributed by atoms with Crippen LogP contribution in [-0.2, 0) is 25.7 Å². The maximum absolute atomic E-state index is 13.5. The van der Waals surface area contributed by atoms with Crippen molar-refractivity contribution in [1.82, 2.24) is 10.3 Å². The molecule has 0 spiro atoms. The Morgan fingerprint density at radius 1 is 0.805 bits per heavy atom. The van der Waals surface area contributed by atoms with E-state index in [0.717, 1.165) is 11.1 Å². The van der Waals surface area contributed by atoms with Gasteiger partial charge in [0.15, 0.2) is 0 Å². The third-order valence-electron chi connectivity index (χ3n) is 6.92. The highest BCUT2D eigenvalue weighted by atomic mass is 16.4. The second-order valence-electron chi connectivity index (χ2n) is 10.0. The van der Waals surface area contributed by atoms with Crippen molar-refractivity contribution in [2.45, 2.75) is 64.3 Å². The summed E-state index contributed by atoms with van der Waals surface area (Å²) in [5.41, 5.74) is 10.8. The van der Waals surface area contributed by atoms with E-state index in [0.29, 0.717) is 61.3 Å². The molecule has 1 aliphatic rings. The van der Waals surface area contributed by atoms with Gasteiger partial charge in [0.05, 0.1) is 23.6 Å². The molecule has 0 saturated carbocycles. The molecule has 2 aromatic carbocycles. The quantitative estimate of drug-likeness (QED) is 0.123. The Labute approximate surface area is 239 Å². The van der Waals surface area contributed by atoms with Gasteiger partial charge in [-0.1, -0.05) is 48.9 Å². The molecule has 1 aliphatic heterocycles. The van der Waals surface area contributed by atoms with Crippen LogP contribution in [0.1, 0.15) is 74.5 Å². The van der Waals surface area contributed by atoms with Gasteiger partial charge in [0.2, 0.25) is 11.8 Å². The molecule has 2 amide bonds. The predicted molar refractivity (Wildman–Crippen MR) is 156 cm³/mol. The van der Waals surface area contributed by atoms with Crippen LogP contribution in [0.4, 0.5) is 5.69 Å². The zero-order chi connectivity index (χ0) is 29.8. The van der Waals surface area contributed by atoms with E-state index in [9.17, 15) is 19.2 Å². The number of fused-ring (bicyclic) bond motifs is 2. The first-order valence-electron chi connectivity index (χ1n) is 13.9. The van der Waals surface area contributed by atoms with E-state index in [1.807, 2.05) is 48.5 Å². The minimum Gasteiger partial charge on any atom is -0.481 e. The number of nitrogens with zero attached hydrogens (tertiary/aromatic N) is 2. The van der Waals surface area contributed by atoms with Crippen LogP contribution >= 0.6 is 0 Å². The molecular formula is C30H39N5O6. The lowest BCUT2D eigenvalue weighted by atomic mass is 9.95. The standard InChI is InChI=1S/C30H39N5O6/c31-29-23-12-5-6-13-24(23)34(26(37)17-18-33-25(36)14-7-8-16-28(40)41)20-21-10-3-4-11-22(21)30(29)35(32)19-9-1-2-15-27(38)39/h3-6,10-13H,1-2,7-9,14-20,31-32H2,(H,33,36)(H,38,39)(H,40,41)/b30-29-. The molecule has 11 heteroatoms. The summed E-state index contributed by atoms with van der Waals surface area (Å²) in [6.07, 6.45) is 3.30. The number of amides is 2. The summed E-state index contributed by atoms with van der Waals surface area (Å²) in [6, 6.07) is 15.0. The van der Waals surface area contributed by atoms with Gasteiger partial charge in [-0.15, -0.1) is 0 Å². The molecule has 0 atom stereocenters. The molecule has 220 valence electrons. The Morgan fingerprint density at radius 3 is 2.12 bits per heavy atom. The van der Waals surface area contributed by atoms with Crippen LogP contribution in [0.15, 0.2) is 48.5 Å². The number of benzene rings is 2. The number of carbonyl (C=O) groups excluding carboxylic acids is 2. The number of nitrogens with one attached hydrogen (secondary N) is 1. The normalized spacial score (nSPS) is 14.3. The summed E-state index contributed by atoms with van der Waals surface area (Å²) >= 11 is 0. The summed E-state index contributed by atoms with van der Waals surface area (Å²) in [6.45, 7) is 0.912. The molecule has 41 heavy (non-hydrogen) atoms. The lowest BCUT2D eigenvalue weighted by Crippen LogP contribution is -2.37. The summed E-state index contributed by atoms with van der Waals surface area (Å²) in [7, 11) is 0. The predicted octanol–water partition coefficient (Wildman–Crippen LogP) is 3.29. The maximum atomic E-state index is 13.5. The van der Waals surface area contributed by atoms with Gasteiger partial charge in [0.25, 0.3) is 0 Å². The molecule has 0 aromatic heterocycles. The molecule has 0 bridgehead atoms. The zero-order valence-electron chi connectivity index (χ0n) is 23.2. The topological polar surface area (TPSA) is 179 Å². The lowest BCUT2D eigenvalue weighted by Gasteiger charge is -2.33. The van der Waals surface area contributed by atoms with Crippen molar-refractivity contribution >= 4 is 40.8 Å². The second-order valence-corrected chi connectivity index (χ2v) is 10.0. The van der Waals surface area contributed by atoms with Crippen LogP contribution in [0.2, 0.25) is 0 Å². The van der Waals surface area contributed by atoms with Crippen molar-refractivity contribution in [2.24, 2.45) is 11.6 Å². The van der Waals surface area contributed by atoms with E-state index < -0.39 is 11.9 Å². The van der Waals surface area contributed by atoms with Crippen molar-refractivity contribution < 1.29 is 29.4 Å². The van der Waals surface area contributed by atoms with Crippen LogP contribution < -0.4 is 21.8 Å². The van der Waals surface area contributed by atoms with E-state index >= 15 is 0 Å². The highest BCUT2D eigenvalue weighted by Gasteiger charge is 2.27. The molecule has 0 saturated heterocycles. The van der Waals surface area contributed by atoms with Gasteiger partial charge in [-0.3, -0.25) is 19.2 Å². The second kappa shape index (κ2) is 15.4. The number of carbonyl (C=O) groups is 4. The Hall–Kier alpha value is -4.38. The fourth-order valence-corrected chi connectivity index (χ4v) is 4.83. The van der Waals surface area contributed by atoms with Crippen molar-refractivity contribution in [2.75, 3.05) is 18.0 Å². The van der Waals surface area contributed by atoms with Gasteiger partial charge in [0, 0.05) is 49.9 Å². The van der Waals surface area contributed by atoms with Crippen LogP contribution in [-0.4, -0.2) is 52.1 Å².